The monoisotopic (exact) mass is 399 g/mol. The number of aromatic nitrogens is 2. The molecule has 28 heavy (non-hydrogen) atoms. The van der Waals surface area contributed by atoms with Gasteiger partial charge in [0.15, 0.2) is 0 Å². The molecule has 1 heterocycles. The zero-order chi connectivity index (χ0) is 21.2. The van der Waals surface area contributed by atoms with Crippen molar-refractivity contribution < 1.29 is 27.1 Å². The zero-order valence-electron chi connectivity index (χ0n) is 14.6. The Hall–Kier alpha value is -3.50. The lowest BCUT2D eigenvalue weighted by molar-refractivity contribution is -0.144. The molecular formula is C17H13F4N3O4. The van der Waals surface area contributed by atoms with Crippen molar-refractivity contribution in [1.29, 1.82) is 0 Å². The summed E-state index contributed by atoms with van der Waals surface area (Å²) < 4.78 is 58.1. The van der Waals surface area contributed by atoms with E-state index in [0.29, 0.717) is 0 Å². The third kappa shape index (κ3) is 3.92. The molecule has 1 aromatic heterocycles. The van der Waals surface area contributed by atoms with Crippen LogP contribution in [0.2, 0.25) is 0 Å². The minimum absolute atomic E-state index is 0.0295. The fourth-order valence-electron chi connectivity index (χ4n) is 2.35. The van der Waals surface area contributed by atoms with Crippen LogP contribution in [0.3, 0.4) is 0 Å². The van der Waals surface area contributed by atoms with Crippen molar-refractivity contribution in [1.82, 2.24) is 9.13 Å². The molecule has 2 rings (SSSR count). The van der Waals surface area contributed by atoms with Gasteiger partial charge >= 0.3 is 17.8 Å². The van der Waals surface area contributed by atoms with Crippen molar-refractivity contribution in [2.24, 2.45) is 12.0 Å². The quantitative estimate of drug-likeness (QED) is 0.342. The molecule has 0 bridgehead atoms. The van der Waals surface area contributed by atoms with Gasteiger partial charge in [-0.05, 0) is 18.9 Å². The van der Waals surface area contributed by atoms with Crippen molar-refractivity contribution in [2.45, 2.75) is 6.18 Å². The van der Waals surface area contributed by atoms with E-state index < -0.39 is 40.6 Å². The summed E-state index contributed by atoms with van der Waals surface area (Å²) in [6.07, 6.45) is -2.81. The maximum atomic E-state index is 14.5. The summed E-state index contributed by atoms with van der Waals surface area (Å²) in [6, 6.07) is 1.99. The molecular weight excluding hydrogens is 386 g/mol. The van der Waals surface area contributed by atoms with Crippen LogP contribution in [0.25, 0.3) is 11.8 Å². The molecule has 0 saturated heterocycles. The Kier molecular flexibility index (Phi) is 5.67. The number of aliphatic imine (C=N–C) groups is 1. The third-order valence-corrected chi connectivity index (χ3v) is 3.72. The molecule has 2 aromatic rings. The molecule has 0 radical (unpaired) electrons. The first kappa shape index (κ1) is 20.8. The average molecular weight is 399 g/mol. The number of hydrogen-bond acceptors (Lipinski definition) is 5. The third-order valence-electron chi connectivity index (χ3n) is 3.72. The summed E-state index contributed by atoms with van der Waals surface area (Å²) >= 11 is 0. The number of ether oxygens (including phenoxy) is 1. The van der Waals surface area contributed by atoms with Crippen molar-refractivity contribution in [3.8, 4) is 5.69 Å². The molecule has 0 aliphatic rings. The van der Waals surface area contributed by atoms with Crippen LogP contribution in [-0.2, 0) is 22.8 Å². The Morgan fingerprint density at radius 3 is 2.43 bits per heavy atom. The molecule has 11 heteroatoms. The molecule has 0 unspecified atom stereocenters. The van der Waals surface area contributed by atoms with Crippen molar-refractivity contribution in [3.63, 3.8) is 0 Å². The molecule has 0 saturated carbocycles. The zero-order valence-corrected chi connectivity index (χ0v) is 14.6. The van der Waals surface area contributed by atoms with Crippen LogP contribution in [0.4, 0.5) is 23.2 Å². The number of benzene rings is 1. The number of hydrogen-bond donors (Lipinski definition) is 0. The highest BCUT2D eigenvalue weighted by Crippen LogP contribution is 2.28. The van der Waals surface area contributed by atoms with Crippen molar-refractivity contribution in [3.05, 3.63) is 62.2 Å². The Balaban J connectivity index is 2.79. The van der Waals surface area contributed by atoms with Gasteiger partial charge < -0.3 is 4.74 Å². The number of halogens is 4. The van der Waals surface area contributed by atoms with Crippen molar-refractivity contribution >= 4 is 24.5 Å². The molecule has 148 valence electrons. The number of carbonyl (C=O) groups excluding carboxylic acids is 1. The van der Waals surface area contributed by atoms with Crippen LogP contribution in [0, 0.1) is 5.82 Å². The fourth-order valence-corrected chi connectivity index (χ4v) is 2.35. The Bertz CT molecular complexity index is 1100. The van der Waals surface area contributed by atoms with Gasteiger partial charge in [-0.2, -0.15) is 13.2 Å². The van der Waals surface area contributed by atoms with Crippen LogP contribution in [0.1, 0.15) is 11.3 Å². The minimum atomic E-state index is -4.95. The lowest BCUT2D eigenvalue weighted by Gasteiger charge is -2.15. The second kappa shape index (κ2) is 7.62. The van der Waals surface area contributed by atoms with Crippen LogP contribution in [-0.4, -0.2) is 28.9 Å². The Morgan fingerprint density at radius 2 is 1.89 bits per heavy atom. The van der Waals surface area contributed by atoms with E-state index in [0.717, 1.165) is 32.4 Å². The van der Waals surface area contributed by atoms with Crippen LogP contribution in [0.5, 0.6) is 0 Å². The predicted octanol–water partition coefficient (Wildman–Crippen LogP) is 2.21. The fraction of sp³-hybridized carbons (Fsp3) is 0.176. The summed E-state index contributed by atoms with van der Waals surface area (Å²) in [5, 5.41) is 0. The first-order chi connectivity index (χ1) is 13.0. The van der Waals surface area contributed by atoms with Crippen LogP contribution in [0.15, 0.2) is 38.9 Å². The minimum Gasteiger partial charge on any atom is -0.466 e. The Morgan fingerprint density at radius 1 is 1.25 bits per heavy atom. The second-order valence-corrected chi connectivity index (χ2v) is 5.42. The summed E-state index contributed by atoms with van der Waals surface area (Å²) in [5.41, 5.74) is -4.83. The maximum absolute atomic E-state index is 14.5. The van der Waals surface area contributed by atoms with E-state index in [4.69, 9.17) is 0 Å². The van der Waals surface area contributed by atoms with Gasteiger partial charge in [0.1, 0.15) is 11.5 Å². The number of alkyl halides is 3. The van der Waals surface area contributed by atoms with Gasteiger partial charge in [-0.25, -0.2) is 18.5 Å². The molecule has 0 aliphatic heterocycles. The number of nitrogens with zero attached hydrogens (tertiary/aromatic N) is 3. The highest BCUT2D eigenvalue weighted by atomic mass is 19.4. The molecule has 0 amide bonds. The van der Waals surface area contributed by atoms with Gasteiger partial charge in [0, 0.05) is 30.8 Å². The molecule has 1 aromatic carbocycles. The largest absolute Gasteiger partial charge is 0.466 e. The van der Waals surface area contributed by atoms with Gasteiger partial charge in [-0.15, -0.1) is 0 Å². The molecule has 0 atom stereocenters. The van der Waals surface area contributed by atoms with Gasteiger partial charge in [0.2, 0.25) is 0 Å². The number of methoxy groups -OCH3 is 1. The normalized spacial score (nSPS) is 11.6. The van der Waals surface area contributed by atoms with E-state index in [1.54, 1.807) is 0 Å². The van der Waals surface area contributed by atoms with Gasteiger partial charge in [0.05, 0.1) is 18.5 Å². The summed E-state index contributed by atoms with van der Waals surface area (Å²) in [5.74, 6) is -1.85. The highest BCUT2D eigenvalue weighted by Gasteiger charge is 2.35. The van der Waals surface area contributed by atoms with Crippen LogP contribution < -0.4 is 11.2 Å². The first-order valence-electron chi connectivity index (χ1n) is 7.48. The molecule has 0 fully saturated rings. The van der Waals surface area contributed by atoms with E-state index in [1.165, 1.54) is 6.08 Å². The molecule has 7 nitrogen and oxygen atoms in total. The maximum Gasteiger partial charge on any atom is 0.431 e. The van der Waals surface area contributed by atoms with E-state index in [9.17, 15) is 31.9 Å². The number of esters is 1. The number of carbonyl (C=O) groups is 1. The van der Waals surface area contributed by atoms with Crippen LogP contribution >= 0.6 is 0 Å². The first-order valence-corrected chi connectivity index (χ1v) is 7.48. The van der Waals surface area contributed by atoms with E-state index in [2.05, 4.69) is 16.4 Å². The highest BCUT2D eigenvalue weighted by molar-refractivity contribution is 5.88. The topological polar surface area (TPSA) is 82.7 Å². The summed E-state index contributed by atoms with van der Waals surface area (Å²) in [7, 11) is 1.93. The van der Waals surface area contributed by atoms with Gasteiger partial charge in [-0.1, -0.05) is 0 Å². The van der Waals surface area contributed by atoms with Crippen molar-refractivity contribution in [2.75, 3.05) is 7.11 Å². The predicted molar refractivity (Wildman–Crippen MR) is 92.5 cm³/mol. The average Bonchev–Trinajstić information content (AvgIpc) is 2.63. The SMILES string of the molecule is C=Nc1cc(F)c(-n2c(=O)cc(C(F)(F)F)n(C)c2=O)cc1C=CC(=O)OC. The molecule has 0 aliphatic carbocycles. The summed E-state index contributed by atoms with van der Waals surface area (Å²) in [4.78, 5) is 39.3. The van der Waals surface area contributed by atoms with E-state index in [1.807, 2.05) is 0 Å². The Labute approximate surface area is 154 Å². The van der Waals surface area contributed by atoms with E-state index in [-0.39, 0.29) is 26.5 Å². The second-order valence-electron chi connectivity index (χ2n) is 5.42. The summed E-state index contributed by atoms with van der Waals surface area (Å²) in [6.45, 7) is 3.24. The smallest absolute Gasteiger partial charge is 0.431 e. The molecule has 0 N–H and O–H groups in total. The van der Waals surface area contributed by atoms with Gasteiger partial charge in [0.25, 0.3) is 5.56 Å². The van der Waals surface area contributed by atoms with E-state index >= 15 is 0 Å². The lowest BCUT2D eigenvalue weighted by Crippen LogP contribution is -2.41. The lowest BCUT2D eigenvalue weighted by atomic mass is 10.1. The van der Waals surface area contributed by atoms with Gasteiger partial charge in [-0.3, -0.25) is 14.4 Å². The standard InChI is InChI=1S/C17H13F4N3O4/c1-22-11-7-10(18)12(6-9(11)4-5-15(26)28-3)24-14(25)8-13(17(19,20)21)23(2)16(24)27/h4-8H,1H2,2-3H3. The molecule has 0 spiro atoms. The number of rotatable bonds is 4.